The standard InChI is InChI=1S/C9H8N.2CH3.In/c1-4-9-5-7(2)10-8(3)6-9;;;/h5-6H,2-3H3;2*1H3;. The van der Waals surface area contributed by atoms with Gasteiger partial charge in [-0.2, -0.15) is 0 Å². The van der Waals surface area contributed by atoms with E-state index in [4.69, 9.17) is 0 Å². The SMILES string of the molecule is Cc1cc(C#[C][In]([CH3])[CH3])cc(C)n1. The summed E-state index contributed by atoms with van der Waals surface area (Å²) in [5, 5.41) is 0. The number of hydrogen-bond acceptors (Lipinski definition) is 1. The van der Waals surface area contributed by atoms with E-state index < -0.39 is 21.4 Å². The summed E-state index contributed by atoms with van der Waals surface area (Å²) in [4.78, 5) is 4.31. The maximum atomic E-state index is 4.31. The molecule has 0 spiro atoms. The predicted molar refractivity (Wildman–Crippen MR) is 58.1 cm³/mol. The zero-order valence-corrected chi connectivity index (χ0v) is 12.0. The summed E-state index contributed by atoms with van der Waals surface area (Å²) < 4.78 is 7.95. The quantitative estimate of drug-likeness (QED) is 0.662. The van der Waals surface area contributed by atoms with E-state index in [2.05, 4.69) is 23.9 Å². The van der Waals surface area contributed by atoms with Gasteiger partial charge in [0.1, 0.15) is 0 Å². The van der Waals surface area contributed by atoms with Gasteiger partial charge in [0, 0.05) is 0 Å². The molecule has 1 rings (SSSR count). The third kappa shape index (κ3) is 3.87. The van der Waals surface area contributed by atoms with Crippen LogP contribution in [0.1, 0.15) is 17.0 Å². The van der Waals surface area contributed by atoms with Crippen LogP contribution in [0.25, 0.3) is 0 Å². The molecule has 0 bridgehead atoms. The molecule has 1 aromatic rings. The van der Waals surface area contributed by atoms with Gasteiger partial charge in [0.15, 0.2) is 0 Å². The molecule has 0 unspecified atom stereocenters. The first kappa shape index (κ1) is 10.7. The third-order valence-corrected chi connectivity index (χ3v) is 3.65. The minimum atomic E-state index is -1.36. The second-order valence-electron chi connectivity index (χ2n) is 3.56. The van der Waals surface area contributed by atoms with Gasteiger partial charge in [-0.15, -0.1) is 0 Å². The number of aromatic nitrogens is 1. The number of pyridine rings is 1. The number of hydrogen-bond donors (Lipinski definition) is 0. The van der Waals surface area contributed by atoms with E-state index in [-0.39, 0.29) is 0 Å². The molecule has 0 saturated carbocycles. The van der Waals surface area contributed by atoms with Crippen molar-refractivity contribution >= 4 is 21.4 Å². The second kappa shape index (κ2) is 4.72. The van der Waals surface area contributed by atoms with Gasteiger partial charge in [0.25, 0.3) is 0 Å². The monoisotopic (exact) mass is 275 g/mol. The molecule has 0 saturated heterocycles. The first-order chi connectivity index (χ1) is 6.08. The van der Waals surface area contributed by atoms with Crippen molar-refractivity contribution in [3.63, 3.8) is 0 Å². The van der Waals surface area contributed by atoms with Crippen LogP contribution in [0, 0.1) is 23.4 Å². The second-order valence-corrected chi connectivity index (χ2v) is 11.0. The van der Waals surface area contributed by atoms with Crippen molar-refractivity contribution in [2.75, 3.05) is 0 Å². The van der Waals surface area contributed by atoms with Gasteiger partial charge in [0.2, 0.25) is 0 Å². The van der Waals surface area contributed by atoms with E-state index >= 15 is 0 Å². The summed E-state index contributed by atoms with van der Waals surface area (Å²) in [6.45, 7) is 4.02. The van der Waals surface area contributed by atoms with Gasteiger partial charge < -0.3 is 0 Å². The molecule has 0 aliphatic carbocycles. The molecule has 1 aromatic heterocycles. The van der Waals surface area contributed by atoms with Gasteiger partial charge >= 0.3 is 88.3 Å². The van der Waals surface area contributed by atoms with Crippen molar-refractivity contribution in [1.29, 1.82) is 0 Å². The van der Waals surface area contributed by atoms with Crippen LogP contribution in [0.15, 0.2) is 12.1 Å². The Balaban J connectivity index is 2.98. The molecule has 0 atom stereocenters. The summed E-state index contributed by atoms with van der Waals surface area (Å²) >= 11 is -1.36. The Morgan fingerprint density at radius 2 is 1.69 bits per heavy atom. The van der Waals surface area contributed by atoms with Gasteiger partial charge in [-0.05, 0) is 0 Å². The first-order valence-corrected chi connectivity index (χ1v) is 12.8. The Hall–Kier alpha value is -0.420. The van der Waals surface area contributed by atoms with Gasteiger partial charge in [-0.25, -0.2) is 0 Å². The molecule has 66 valence electrons. The number of nitrogens with zero attached hydrogens (tertiary/aromatic N) is 1. The van der Waals surface area contributed by atoms with E-state index in [9.17, 15) is 0 Å². The van der Waals surface area contributed by atoms with Gasteiger partial charge in [0.05, 0.1) is 0 Å². The molecule has 1 heterocycles. The Morgan fingerprint density at radius 3 is 2.15 bits per heavy atom. The molecule has 2 heteroatoms. The van der Waals surface area contributed by atoms with Crippen LogP contribution in [-0.2, 0) is 0 Å². The van der Waals surface area contributed by atoms with Crippen LogP contribution < -0.4 is 0 Å². The Kier molecular flexibility index (Phi) is 3.87. The fourth-order valence-electron chi connectivity index (χ4n) is 1.13. The van der Waals surface area contributed by atoms with Crippen LogP contribution in [-0.4, -0.2) is 26.4 Å². The Labute approximate surface area is 88.1 Å². The van der Waals surface area contributed by atoms with Crippen LogP contribution in [0.3, 0.4) is 0 Å². The molecule has 0 amide bonds. The molecule has 0 N–H and O–H groups in total. The Bertz CT molecular complexity index is 338. The molecule has 0 aliphatic heterocycles. The van der Waals surface area contributed by atoms with Crippen molar-refractivity contribution < 1.29 is 0 Å². The van der Waals surface area contributed by atoms with Crippen molar-refractivity contribution in [2.24, 2.45) is 0 Å². The van der Waals surface area contributed by atoms with E-state index in [0.29, 0.717) is 0 Å². The van der Waals surface area contributed by atoms with Crippen molar-refractivity contribution in [2.45, 2.75) is 23.2 Å². The van der Waals surface area contributed by atoms with Crippen molar-refractivity contribution in [3.05, 3.63) is 29.1 Å². The van der Waals surface area contributed by atoms with Crippen LogP contribution in [0.5, 0.6) is 0 Å². The van der Waals surface area contributed by atoms with Crippen LogP contribution in [0.4, 0.5) is 0 Å². The molecule has 0 aliphatic rings. The van der Waals surface area contributed by atoms with E-state index in [1.807, 2.05) is 26.0 Å². The molecular formula is C11H14InN. The molecule has 0 fully saturated rings. The van der Waals surface area contributed by atoms with Crippen LogP contribution >= 0.6 is 0 Å². The molecule has 0 aromatic carbocycles. The maximum absolute atomic E-state index is 4.31. The molecular weight excluding hydrogens is 261 g/mol. The normalized spacial score (nSPS) is 8.92. The van der Waals surface area contributed by atoms with Gasteiger partial charge in [-0.3, -0.25) is 0 Å². The number of rotatable bonds is 0. The molecule has 0 radical (unpaired) electrons. The van der Waals surface area contributed by atoms with Gasteiger partial charge in [-0.1, -0.05) is 0 Å². The summed E-state index contributed by atoms with van der Waals surface area (Å²) in [5.74, 6) is 3.23. The van der Waals surface area contributed by atoms with E-state index in [0.717, 1.165) is 17.0 Å². The summed E-state index contributed by atoms with van der Waals surface area (Å²) in [6, 6.07) is 4.10. The third-order valence-electron chi connectivity index (χ3n) is 1.59. The fraction of sp³-hybridized carbons (Fsp3) is 0.364. The van der Waals surface area contributed by atoms with Crippen molar-refractivity contribution in [3.8, 4) is 9.60 Å². The topological polar surface area (TPSA) is 12.9 Å². The summed E-state index contributed by atoms with van der Waals surface area (Å²) in [5.41, 5.74) is 3.24. The predicted octanol–water partition coefficient (Wildman–Crippen LogP) is 2.34. The average molecular weight is 275 g/mol. The molecule has 13 heavy (non-hydrogen) atoms. The summed E-state index contributed by atoms with van der Waals surface area (Å²) in [7, 11) is 0. The number of aryl methyl sites for hydroxylation is 2. The van der Waals surface area contributed by atoms with E-state index in [1.165, 1.54) is 0 Å². The Morgan fingerprint density at radius 1 is 1.15 bits per heavy atom. The fourth-order valence-corrected chi connectivity index (χ4v) is 2.43. The van der Waals surface area contributed by atoms with E-state index in [1.54, 1.807) is 0 Å². The van der Waals surface area contributed by atoms with Crippen molar-refractivity contribution in [1.82, 2.24) is 4.98 Å². The summed E-state index contributed by atoms with van der Waals surface area (Å²) in [6.07, 6.45) is 0. The van der Waals surface area contributed by atoms with Crippen LogP contribution in [0.2, 0.25) is 9.36 Å². The average Bonchev–Trinajstić information content (AvgIpc) is 1.99. The first-order valence-electron chi connectivity index (χ1n) is 4.55. The molecule has 1 nitrogen and oxygen atoms in total. The zero-order valence-electron chi connectivity index (χ0n) is 8.68. The minimum absolute atomic E-state index is 1.06. The zero-order chi connectivity index (χ0) is 9.84.